The third kappa shape index (κ3) is 5.58. The molecule has 1 aromatic rings. The highest BCUT2D eigenvalue weighted by molar-refractivity contribution is 5.29. The van der Waals surface area contributed by atoms with Crippen LogP contribution in [0.25, 0.3) is 0 Å². The summed E-state index contributed by atoms with van der Waals surface area (Å²) in [6, 6.07) is 6.26. The molecule has 0 aliphatic heterocycles. The van der Waals surface area contributed by atoms with E-state index in [0.717, 1.165) is 30.0 Å². The largest absolute Gasteiger partial charge is 0.492 e. The van der Waals surface area contributed by atoms with Crippen molar-refractivity contribution >= 4 is 0 Å². The predicted octanol–water partition coefficient (Wildman–Crippen LogP) is 2.99. The second kappa shape index (κ2) is 7.25. The highest BCUT2D eigenvalue weighted by atomic mass is 16.5. The molecule has 0 saturated carbocycles. The molecule has 1 heterocycles. The van der Waals surface area contributed by atoms with E-state index in [9.17, 15) is 0 Å². The summed E-state index contributed by atoms with van der Waals surface area (Å²) in [5, 5.41) is 8.97. The van der Waals surface area contributed by atoms with Gasteiger partial charge in [0, 0.05) is 18.2 Å². The normalized spacial score (nSPS) is 12.8. The highest BCUT2D eigenvalue weighted by Crippen LogP contribution is 2.22. The first-order chi connectivity index (χ1) is 9.34. The number of aryl methyl sites for hydroxylation is 1. The maximum Gasteiger partial charge on any atom is 0.140 e. The van der Waals surface area contributed by atoms with Gasteiger partial charge in [0.15, 0.2) is 0 Å². The molecule has 1 aromatic heterocycles. The number of nitrogens with two attached hydrogens (primary N) is 1. The lowest BCUT2D eigenvalue weighted by molar-refractivity contribution is 0.280. The van der Waals surface area contributed by atoms with Gasteiger partial charge in [-0.3, -0.25) is 4.98 Å². The van der Waals surface area contributed by atoms with Crippen LogP contribution in [0.1, 0.15) is 45.0 Å². The lowest BCUT2D eigenvalue weighted by Gasteiger charge is -2.16. The van der Waals surface area contributed by atoms with Crippen molar-refractivity contribution in [2.75, 3.05) is 6.61 Å². The molecule has 0 spiro atoms. The van der Waals surface area contributed by atoms with Gasteiger partial charge in [-0.2, -0.15) is 5.26 Å². The van der Waals surface area contributed by atoms with E-state index in [0.29, 0.717) is 13.0 Å². The Hall–Kier alpha value is -1.60. The van der Waals surface area contributed by atoms with E-state index in [2.05, 4.69) is 11.1 Å². The molecule has 0 bridgehead atoms. The Labute approximate surface area is 122 Å². The van der Waals surface area contributed by atoms with Crippen molar-refractivity contribution in [3.63, 3.8) is 0 Å². The molecule has 4 heteroatoms. The summed E-state index contributed by atoms with van der Waals surface area (Å²) < 4.78 is 5.81. The van der Waals surface area contributed by atoms with Gasteiger partial charge in [-0.05, 0) is 52.7 Å². The molecule has 0 aromatic carbocycles. The Morgan fingerprint density at radius 2 is 2.15 bits per heavy atom. The van der Waals surface area contributed by atoms with E-state index in [4.69, 9.17) is 15.7 Å². The van der Waals surface area contributed by atoms with Gasteiger partial charge >= 0.3 is 0 Å². The molecule has 1 unspecified atom stereocenters. The van der Waals surface area contributed by atoms with Crippen molar-refractivity contribution in [1.82, 2.24) is 4.98 Å². The van der Waals surface area contributed by atoms with Gasteiger partial charge in [0.2, 0.25) is 0 Å². The smallest absolute Gasteiger partial charge is 0.140 e. The first-order valence-electron chi connectivity index (χ1n) is 7.10. The fraction of sp³-hybridized carbons (Fsp3) is 0.625. The molecular weight excluding hydrogens is 250 g/mol. The van der Waals surface area contributed by atoms with Gasteiger partial charge in [0.25, 0.3) is 0 Å². The van der Waals surface area contributed by atoms with Gasteiger partial charge in [-0.15, -0.1) is 0 Å². The second-order valence-electron chi connectivity index (χ2n) is 6.03. The number of hydrogen-bond donors (Lipinski definition) is 1. The van der Waals surface area contributed by atoms with Crippen LogP contribution in [-0.4, -0.2) is 17.6 Å². The minimum absolute atomic E-state index is 0.0594. The molecule has 1 atom stereocenters. The summed E-state index contributed by atoms with van der Waals surface area (Å²) in [6.45, 7) is 8.42. The number of hydrogen-bond acceptors (Lipinski definition) is 4. The minimum Gasteiger partial charge on any atom is -0.492 e. The summed E-state index contributed by atoms with van der Waals surface area (Å²) >= 11 is 0. The van der Waals surface area contributed by atoms with E-state index >= 15 is 0 Å². The van der Waals surface area contributed by atoms with Crippen molar-refractivity contribution < 1.29 is 4.74 Å². The van der Waals surface area contributed by atoms with Gasteiger partial charge in [0.05, 0.1) is 23.8 Å². The molecule has 0 amide bonds. The zero-order valence-electron chi connectivity index (χ0n) is 12.9. The van der Waals surface area contributed by atoms with E-state index in [1.807, 2.05) is 39.8 Å². The molecule has 20 heavy (non-hydrogen) atoms. The molecule has 0 aliphatic carbocycles. The van der Waals surface area contributed by atoms with Crippen LogP contribution in [0, 0.1) is 23.7 Å². The number of ether oxygens (including phenoxy) is 1. The third-order valence-electron chi connectivity index (χ3n) is 3.09. The van der Waals surface area contributed by atoms with Gasteiger partial charge < -0.3 is 10.5 Å². The number of nitriles is 1. The molecule has 0 radical (unpaired) electrons. The Morgan fingerprint density at radius 3 is 2.75 bits per heavy atom. The zero-order valence-corrected chi connectivity index (χ0v) is 12.9. The molecule has 4 nitrogen and oxygen atoms in total. The van der Waals surface area contributed by atoms with Gasteiger partial charge in [0.1, 0.15) is 5.75 Å². The maximum atomic E-state index is 8.97. The lowest BCUT2D eigenvalue weighted by atomic mass is 9.90. The van der Waals surface area contributed by atoms with Gasteiger partial charge in [-0.1, -0.05) is 0 Å². The van der Waals surface area contributed by atoms with E-state index in [1.54, 1.807) is 0 Å². The topological polar surface area (TPSA) is 71.9 Å². The average molecular weight is 275 g/mol. The number of rotatable bonds is 7. The quantitative estimate of drug-likeness (QED) is 0.776. The van der Waals surface area contributed by atoms with Crippen LogP contribution in [0.4, 0.5) is 0 Å². The fourth-order valence-corrected chi connectivity index (χ4v) is 1.93. The van der Waals surface area contributed by atoms with Crippen molar-refractivity contribution in [2.24, 2.45) is 11.1 Å². The minimum atomic E-state index is -0.288. The molecular formula is C16H25N3O. The van der Waals surface area contributed by atoms with E-state index in [1.165, 1.54) is 0 Å². The van der Waals surface area contributed by atoms with Crippen LogP contribution < -0.4 is 10.5 Å². The first-order valence-corrected chi connectivity index (χ1v) is 7.10. The van der Waals surface area contributed by atoms with Crippen LogP contribution in [0.5, 0.6) is 5.75 Å². The Morgan fingerprint density at radius 1 is 1.45 bits per heavy atom. The van der Waals surface area contributed by atoms with Crippen molar-refractivity contribution in [3.05, 3.63) is 23.5 Å². The SMILES string of the molecule is Cc1ccc(OCCCC(C)(C)C#N)c(CC(C)N)n1. The van der Waals surface area contributed by atoms with Crippen LogP contribution in [0.2, 0.25) is 0 Å². The average Bonchev–Trinajstić information content (AvgIpc) is 2.36. The molecule has 0 saturated heterocycles. The highest BCUT2D eigenvalue weighted by Gasteiger charge is 2.16. The summed E-state index contributed by atoms with van der Waals surface area (Å²) in [6.07, 6.45) is 2.39. The lowest BCUT2D eigenvalue weighted by Crippen LogP contribution is -2.19. The number of nitrogens with zero attached hydrogens (tertiary/aromatic N) is 2. The number of pyridine rings is 1. The van der Waals surface area contributed by atoms with Crippen LogP contribution in [0.3, 0.4) is 0 Å². The Bertz CT molecular complexity index is 475. The Kier molecular flexibility index (Phi) is 5.97. The number of aromatic nitrogens is 1. The van der Waals surface area contributed by atoms with Crippen LogP contribution in [-0.2, 0) is 6.42 Å². The van der Waals surface area contributed by atoms with Gasteiger partial charge in [-0.25, -0.2) is 0 Å². The monoisotopic (exact) mass is 275 g/mol. The fourth-order valence-electron chi connectivity index (χ4n) is 1.93. The van der Waals surface area contributed by atoms with Crippen molar-refractivity contribution in [2.45, 2.75) is 53.0 Å². The Balaban J connectivity index is 2.57. The zero-order chi connectivity index (χ0) is 15.2. The summed E-state index contributed by atoms with van der Waals surface area (Å²) in [5.41, 5.74) is 7.44. The van der Waals surface area contributed by atoms with Crippen LogP contribution in [0.15, 0.2) is 12.1 Å². The maximum absolute atomic E-state index is 8.97. The second-order valence-corrected chi connectivity index (χ2v) is 6.03. The van der Waals surface area contributed by atoms with Crippen molar-refractivity contribution in [3.8, 4) is 11.8 Å². The molecule has 0 aliphatic rings. The standard InChI is InChI=1S/C16H25N3O/c1-12(18)10-14-15(7-6-13(2)19-14)20-9-5-8-16(3,4)11-17/h6-7,12H,5,8-10,18H2,1-4H3. The summed E-state index contributed by atoms with van der Waals surface area (Å²) in [5.74, 6) is 0.808. The van der Waals surface area contributed by atoms with E-state index in [-0.39, 0.29) is 11.5 Å². The van der Waals surface area contributed by atoms with E-state index < -0.39 is 0 Å². The molecule has 110 valence electrons. The molecule has 1 rings (SSSR count). The predicted molar refractivity (Wildman–Crippen MR) is 80.5 cm³/mol. The summed E-state index contributed by atoms with van der Waals surface area (Å²) in [4.78, 5) is 4.50. The third-order valence-corrected chi connectivity index (χ3v) is 3.09. The molecule has 0 fully saturated rings. The van der Waals surface area contributed by atoms with Crippen molar-refractivity contribution in [1.29, 1.82) is 5.26 Å². The molecule has 2 N–H and O–H groups in total. The first kappa shape index (κ1) is 16.5. The van der Waals surface area contributed by atoms with Crippen LogP contribution >= 0.6 is 0 Å². The summed E-state index contributed by atoms with van der Waals surface area (Å²) in [7, 11) is 0.